The van der Waals surface area contributed by atoms with Gasteiger partial charge in [-0.2, -0.15) is 0 Å². The molecule has 2 aromatic carbocycles. The normalized spacial score (nSPS) is 13.6. The highest BCUT2D eigenvalue weighted by Gasteiger charge is 2.40. The van der Waals surface area contributed by atoms with Crippen molar-refractivity contribution in [2.75, 3.05) is 0 Å². The lowest BCUT2D eigenvalue weighted by Gasteiger charge is -2.37. The van der Waals surface area contributed by atoms with E-state index in [0.29, 0.717) is 0 Å². The van der Waals surface area contributed by atoms with E-state index >= 15 is 0 Å². The Kier molecular flexibility index (Phi) is 6.99. The van der Waals surface area contributed by atoms with Crippen LogP contribution in [0.3, 0.4) is 0 Å². The molecular weight excluding hydrogens is 348 g/mol. The third-order valence-corrected chi connectivity index (χ3v) is 6.67. The lowest BCUT2D eigenvalue weighted by Crippen LogP contribution is -2.49. The van der Waals surface area contributed by atoms with Crippen LogP contribution in [0.2, 0.25) is 0 Å². The van der Waals surface area contributed by atoms with Gasteiger partial charge in [0.15, 0.2) is 0 Å². The van der Waals surface area contributed by atoms with Crippen LogP contribution in [-0.4, -0.2) is 19.8 Å². The summed E-state index contributed by atoms with van der Waals surface area (Å²) in [5.41, 5.74) is 5.91. The van der Waals surface area contributed by atoms with Gasteiger partial charge in [-0.1, -0.05) is 72.8 Å². The van der Waals surface area contributed by atoms with Crippen molar-refractivity contribution < 1.29 is 8.85 Å². The molecule has 0 bridgehead atoms. The summed E-state index contributed by atoms with van der Waals surface area (Å²) >= 11 is 0. The number of rotatable bonds is 6. The minimum Gasteiger partial charge on any atom is -0.383 e. The predicted molar refractivity (Wildman–Crippen MR) is 118 cm³/mol. The molecule has 0 spiro atoms. The molecular formula is C24H32O2Si. The summed E-state index contributed by atoms with van der Waals surface area (Å²) in [5.74, 6) is 0. The highest BCUT2D eigenvalue weighted by atomic mass is 28.4. The van der Waals surface area contributed by atoms with Crippen molar-refractivity contribution in [1.82, 2.24) is 0 Å². The molecule has 0 aliphatic carbocycles. The van der Waals surface area contributed by atoms with Gasteiger partial charge in [0, 0.05) is 0 Å². The minimum absolute atomic E-state index is 0.320. The van der Waals surface area contributed by atoms with Crippen LogP contribution in [0.25, 0.3) is 12.2 Å². The standard InChI is InChI=1S/C24H32O2Si/c1-23(2,3)25-27(26-24(4,5)6,19-17-21-13-9-7-10-14-21)20-18-22-15-11-8-12-16-22/h7-20H,1-6H3. The molecule has 2 rings (SSSR count). The largest absolute Gasteiger partial charge is 0.393 e. The van der Waals surface area contributed by atoms with E-state index in [1.165, 1.54) is 0 Å². The number of benzene rings is 2. The third kappa shape index (κ3) is 8.08. The third-order valence-electron chi connectivity index (χ3n) is 3.55. The molecule has 0 aliphatic heterocycles. The van der Waals surface area contributed by atoms with Crippen LogP contribution in [0.1, 0.15) is 52.7 Å². The van der Waals surface area contributed by atoms with Gasteiger partial charge >= 0.3 is 8.56 Å². The highest BCUT2D eigenvalue weighted by molar-refractivity contribution is 6.79. The summed E-state index contributed by atoms with van der Waals surface area (Å²) in [6.45, 7) is 12.5. The molecule has 0 fully saturated rings. The van der Waals surface area contributed by atoms with Crippen molar-refractivity contribution in [1.29, 1.82) is 0 Å². The van der Waals surface area contributed by atoms with Crippen molar-refractivity contribution in [2.24, 2.45) is 0 Å². The van der Waals surface area contributed by atoms with E-state index in [4.69, 9.17) is 8.85 Å². The van der Waals surface area contributed by atoms with Gasteiger partial charge in [0.2, 0.25) is 0 Å². The van der Waals surface area contributed by atoms with Gasteiger partial charge in [0.25, 0.3) is 0 Å². The summed E-state index contributed by atoms with van der Waals surface area (Å²) in [6.07, 6.45) is 4.22. The molecule has 0 aliphatic rings. The Morgan fingerprint density at radius 3 is 1.22 bits per heavy atom. The van der Waals surface area contributed by atoms with Crippen molar-refractivity contribution in [2.45, 2.75) is 52.7 Å². The van der Waals surface area contributed by atoms with Crippen molar-refractivity contribution in [3.05, 3.63) is 83.2 Å². The zero-order chi connectivity index (χ0) is 20.0. The maximum absolute atomic E-state index is 6.59. The maximum Gasteiger partial charge on any atom is 0.393 e. The Labute approximate surface area is 165 Å². The first kappa shape index (κ1) is 21.4. The van der Waals surface area contributed by atoms with Crippen molar-refractivity contribution in [3.8, 4) is 0 Å². The molecule has 0 saturated heterocycles. The van der Waals surface area contributed by atoms with Gasteiger partial charge in [0.1, 0.15) is 0 Å². The Morgan fingerprint density at radius 1 is 0.593 bits per heavy atom. The summed E-state index contributed by atoms with van der Waals surface area (Å²) in [6, 6.07) is 20.6. The quantitative estimate of drug-likeness (QED) is 0.528. The predicted octanol–water partition coefficient (Wildman–Crippen LogP) is 6.56. The van der Waals surface area contributed by atoms with Gasteiger partial charge in [-0.15, -0.1) is 0 Å². The first-order valence-corrected chi connectivity index (χ1v) is 11.4. The zero-order valence-electron chi connectivity index (χ0n) is 17.4. The summed E-state index contributed by atoms with van der Waals surface area (Å²) in [4.78, 5) is 0. The molecule has 27 heavy (non-hydrogen) atoms. The second-order valence-corrected chi connectivity index (χ2v) is 11.2. The van der Waals surface area contributed by atoms with Crippen LogP contribution in [0.5, 0.6) is 0 Å². The Morgan fingerprint density at radius 2 is 0.926 bits per heavy atom. The van der Waals surface area contributed by atoms with Crippen LogP contribution in [0.4, 0.5) is 0 Å². The van der Waals surface area contributed by atoms with E-state index in [1.807, 2.05) is 36.4 Å². The van der Waals surface area contributed by atoms with Gasteiger partial charge in [0.05, 0.1) is 11.2 Å². The molecule has 0 aromatic heterocycles. The Hall–Kier alpha value is -1.94. The topological polar surface area (TPSA) is 18.5 Å². The van der Waals surface area contributed by atoms with E-state index in [-0.39, 0.29) is 11.2 Å². The van der Waals surface area contributed by atoms with Crippen LogP contribution in [-0.2, 0) is 8.85 Å². The molecule has 0 saturated carbocycles. The maximum atomic E-state index is 6.59. The smallest absolute Gasteiger partial charge is 0.383 e. The second kappa shape index (κ2) is 8.83. The van der Waals surface area contributed by atoms with E-state index in [0.717, 1.165) is 11.1 Å². The van der Waals surface area contributed by atoms with E-state index in [2.05, 4.69) is 89.4 Å². The summed E-state index contributed by atoms with van der Waals surface area (Å²) in [5, 5.41) is 0. The van der Waals surface area contributed by atoms with E-state index < -0.39 is 8.56 Å². The molecule has 0 atom stereocenters. The first-order valence-electron chi connectivity index (χ1n) is 9.46. The average molecular weight is 381 g/mol. The van der Waals surface area contributed by atoms with Gasteiger partial charge in [-0.25, -0.2) is 0 Å². The molecule has 0 unspecified atom stereocenters. The molecule has 0 amide bonds. The minimum atomic E-state index is -2.79. The van der Waals surface area contributed by atoms with E-state index in [1.54, 1.807) is 0 Å². The van der Waals surface area contributed by atoms with Crippen LogP contribution in [0.15, 0.2) is 72.1 Å². The molecule has 144 valence electrons. The fourth-order valence-electron chi connectivity index (χ4n) is 2.72. The molecule has 0 radical (unpaired) electrons. The fourth-order valence-corrected chi connectivity index (χ4v) is 5.91. The van der Waals surface area contributed by atoms with Gasteiger partial charge < -0.3 is 8.85 Å². The summed E-state index contributed by atoms with van der Waals surface area (Å²) in [7, 11) is -2.79. The second-order valence-electron chi connectivity index (χ2n) is 8.64. The Bertz CT molecular complexity index is 683. The summed E-state index contributed by atoms with van der Waals surface area (Å²) < 4.78 is 13.2. The molecule has 0 N–H and O–H groups in total. The van der Waals surface area contributed by atoms with Crippen molar-refractivity contribution in [3.63, 3.8) is 0 Å². The zero-order valence-corrected chi connectivity index (χ0v) is 18.4. The van der Waals surface area contributed by atoms with Gasteiger partial charge in [-0.05, 0) is 64.1 Å². The molecule has 3 heteroatoms. The number of hydrogen-bond acceptors (Lipinski definition) is 2. The van der Waals surface area contributed by atoms with Crippen LogP contribution in [0, 0.1) is 0 Å². The Balaban J connectivity index is 2.47. The van der Waals surface area contributed by atoms with Crippen LogP contribution >= 0.6 is 0 Å². The first-order chi connectivity index (χ1) is 12.6. The monoisotopic (exact) mass is 380 g/mol. The van der Waals surface area contributed by atoms with Crippen LogP contribution < -0.4 is 0 Å². The lowest BCUT2D eigenvalue weighted by atomic mass is 10.2. The molecule has 2 aromatic rings. The van der Waals surface area contributed by atoms with Crippen molar-refractivity contribution >= 4 is 20.7 Å². The molecule has 0 heterocycles. The lowest BCUT2D eigenvalue weighted by molar-refractivity contribution is 0.0281. The highest BCUT2D eigenvalue weighted by Crippen LogP contribution is 2.27. The van der Waals surface area contributed by atoms with Gasteiger partial charge in [-0.3, -0.25) is 0 Å². The number of hydrogen-bond donors (Lipinski definition) is 0. The fraction of sp³-hybridized carbons (Fsp3) is 0.333. The average Bonchev–Trinajstić information content (AvgIpc) is 2.57. The SMILES string of the molecule is CC(C)(C)O[Si](C=Cc1ccccc1)(C=Cc1ccccc1)OC(C)(C)C. The van der Waals surface area contributed by atoms with E-state index in [9.17, 15) is 0 Å². The molecule has 2 nitrogen and oxygen atoms in total.